The summed E-state index contributed by atoms with van der Waals surface area (Å²) in [5.74, 6) is -2.67. The molecule has 5 nitrogen and oxygen atoms in total. The molecule has 1 amide bonds. The summed E-state index contributed by atoms with van der Waals surface area (Å²) in [5, 5.41) is 11.2. The minimum absolute atomic E-state index is 0.184. The van der Waals surface area contributed by atoms with E-state index in [1.807, 2.05) is 0 Å². The summed E-state index contributed by atoms with van der Waals surface area (Å²) in [5.41, 5.74) is 4.64. The Labute approximate surface area is 110 Å². The molecule has 0 aliphatic carbocycles. The fourth-order valence-corrected chi connectivity index (χ4v) is 1.59. The average Bonchev–Trinajstić information content (AvgIpc) is 2.37. The molecule has 0 radical (unpaired) electrons. The van der Waals surface area contributed by atoms with Crippen molar-refractivity contribution < 1.29 is 19.1 Å². The SMILES string of the molecule is CCC(N)(CC)C(=O)Nc1ccc(C(=O)O)c(F)c1. The van der Waals surface area contributed by atoms with Gasteiger partial charge in [-0.25, -0.2) is 9.18 Å². The molecule has 104 valence electrons. The van der Waals surface area contributed by atoms with Crippen LogP contribution in [0.15, 0.2) is 18.2 Å². The van der Waals surface area contributed by atoms with Crippen LogP contribution in [0.4, 0.5) is 10.1 Å². The molecule has 0 aliphatic rings. The zero-order chi connectivity index (χ0) is 14.6. The largest absolute Gasteiger partial charge is 0.478 e. The molecule has 0 heterocycles. The van der Waals surface area contributed by atoms with Crippen molar-refractivity contribution in [3.8, 4) is 0 Å². The highest BCUT2D eigenvalue weighted by Gasteiger charge is 2.30. The number of hydrogen-bond donors (Lipinski definition) is 3. The second-order valence-electron chi connectivity index (χ2n) is 4.32. The van der Waals surface area contributed by atoms with E-state index in [2.05, 4.69) is 5.32 Å². The Morgan fingerprint density at radius 2 is 1.95 bits per heavy atom. The molecule has 0 atom stereocenters. The monoisotopic (exact) mass is 268 g/mol. The first kappa shape index (κ1) is 15.1. The molecular formula is C13H17FN2O3. The molecule has 0 unspecified atom stereocenters. The normalized spacial score (nSPS) is 11.2. The summed E-state index contributed by atoms with van der Waals surface area (Å²) >= 11 is 0. The van der Waals surface area contributed by atoms with E-state index in [1.54, 1.807) is 13.8 Å². The van der Waals surface area contributed by atoms with Crippen molar-refractivity contribution in [3.63, 3.8) is 0 Å². The number of hydrogen-bond acceptors (Lipinski definition) is 3. The summed E-state index contributed by atoms with van der Waals surface area (Å²) in [7, 11) is 0. The van der Waals surface area contributed by atoms with Gasteiger partial charge in [0, 0.05) is 5.69 Å². The van der Waals surface area contributed by atoms with Crippen molar-refractivity contribution in [2.24, 2.45) is 5.73 Å². The van der Waals surface area contributed by atoms with Crippen LogP contribution in [0.5, 0.6) is 0 Å². The maximum absolute atomic E-state index is 13.4. The molecule has 1 aromatic rings. The van der Waals surface area contributed by atoms with Crippen molar-refractivity contribution in [1.29, 1.82) is 0 Å². The Bertz CT molecular complexity index is 499. The number of carbonyl (C=O) groups is 2. The lowest BCUT2D eigenvalue weighted by molar-refractivity contribution is -0.121. The van der Waals surface area contributed by atoms with E-state index < -0.39 is 28.8 Å². The summed E-state index contributed by atoms with van der Waals surface area (Å²) in [6, 6.07) is 3.40. The first-order chi connectivity index (χ1) is 8.84. The van der Waals surface area contributed by atoms with Gasteiger partial charge >= 0.3 is 5.97 Å². The third-order valence-corrected chi connectivity index (χ3v) is 3.17. The van der Waals surface area contributed by atoms with Crippen molar-refractivity contribution >= 4 is 17.6 Å². The molecular weight excluding hydrogens is 251 g/mol. The number of amides is 1. The quantitative estimate of drug-likeness (QED) is 0.761. The molecule has 19 heavy (non-hydrogen) atoms. The van der Waals surface area contributed by atoms with Crippen LogP contribution in [0.3, 0.4) is 0 Å². The van der Waals surface area contributed by atoms with Gasteiger partial charge < -0.3 is 16.2 Å². The minimum Gasteiger partial charge on any atom is -0.478 e. The average molecular weight is 268 g/mol. The Balaban J connectivity index is 2.92. The third kappa shape index (κ3) is 3.29. The van der Waals surface area contributed by atoms with Crippen LogP contribution >= 0.6 is 0 Å². The van der Waals surface area contributed by atoms with Crippen LogP contribution in [0.25, 0.3) is 0 Å². The Hall–Kier alpha value is -1.95. The highest BCUT2D eigenvalue weighted by atomic mass is 19.1. The predicted octanol–water partition coefficient (Wildman–Crippen LogP) is 1.98. The number of anilines is 1. The molecule has 4 N–H and O–H groups in total. The number of carboxylic acid groups (broad SMARTS) is 1. The molecule has 0 fully saturated rings. The minimum atomic E-state index is -1.36. The number of carbonyl (C=O) groups excluding carboxylic acids is 1. The van der Waals surface area contributed by atoms with E-state index in [-0.39, 0.29) is 5.69 Å². The zero-order valence-corrected chi connectivity index (χ0v) is 10.9. The van der Waals surface area contributed by atoms with E-state index >= 15 is 0 Å². The maximum Gasteiger partial charge on any atom is 0.338 e. The number of aromatic carboxylic acids is 1. The number of nitrogens with two attached hydrogens (primary N) is 1. The molecule has 0 aromatic heterocycles. The topological polar surface area (TPSA) is 92.4 Å². The van der Waals surface area contributed by atoms with Crippen molar-refractivity contribution in [2.45, 2.75) is 32.2 Å². The van der Waals surface area contributed by atoms with Crippen LogP contribution in [0.2, 0.25) is 0 Å². The second-order valence-corrected chi connectivity index (χ2v) is 4.32. The molecule has 1 rings (SSSR count). The molecule has 1 aromatic carbocycles. The van der Waals surface area contributed by atoms with Crippen molar-refractivity contribution in [2.75, 3.05) is 5.32 Å². The van der Waals surface area contributed by atoms with Crippen LogP contribution in [-0.4, -0.2) is 22.5 Å². The summed E-state index contributed by atoms with van der Waals surface area (Å²) < 4.78 is 13.4. The first-order valence-electron chi connectivity index (χ1n) is 5.97. The summed E-state index contributed by atoms with van der Waals surface area (Å²) in [4.78, 5) is 22.6. The third-order valence-electron chi connectivity index (χ3n) is 3.17. The second kappa shape index (κ2) is 5.79. The molecule has 0 saturated heterocycles. The fraction of sp³-hybridized carbons (Fsp3) is 0.385. The highest BCUT2D eigenvalue weighted by Crippen LogP contribution is 2.18. The lowest BCUT2D eigenvalue weighted by Gasteiger charge is -2.25. The predicted molar refractivity (Wildman–Crippen MR) is 69.5 cm³/mol. The Morgan fingerprint density at radius 3 is 2.37 bits per heavy atom. The van der Waals surface area contributed by atoms with Gasteiger partial charge in [0.1, 0.15) is 5.82 Å². The first-order valence-corrected chi connectivity index (χ1v) is 5.97. The smallest absolute Gasteiger partial charge is 0.338 e. The van der Waals surface area contributed by atoms with Gasteiger partial charge in [-0.2, -0.15) is 0 Å². The number of halogens is 1. The molecule has 6 heteroatoms. The standard InChI is InChI=1S/C13H17FN2O3/c1-3-13(15,4-2)12(19)16-8-5-6-9(11(17)18)10(14)7-8/h5-7H,3-4,15H2,1-2H3,(H,16,19)(H,17,18). The van der Waals surface area contributed by atoms with Crippen LogP contribution in [0, 0.1) is 5.82 Å². The van der Waals surface area contributed by atoms with Crippen molar-refractivity contribution in [1.82, 2.24) is 0 Å². The van der Waals surface area contributed by atoms with Crippen LogP contribution < -0.4 is 11.1 Å². The number of benzene rings is 1. The number of carboxylic acids is 1. The Morgan fingerprint density at radius 1 is 1.37 bits per heavy atom. The lowest BCUT2D eigenvalue weighted by atomic mass is 9.93. The van der Waals surface area contributed by atoms with E-state index in [1.165, 1.54) is 6.07 Å². The van der Waals surface area contributed by atoms with Gasteiger partial charge in [-0.1, -0.05) is 13.8 Å². The fourth-order valence-electron chi connectivity index (χ4n) is 1.59. The van der Waals surface area contributed by atoms with Crippen LogP contribution in [-0.2, 0) is 4.79 Å². The molecule has 0 bridgehead atoms. The van der Waals surface area contributed by atoms with E-state index in [9.17, 15) is 14.0 Å². The summed E-state index contributed by atoms with van der Waals surface area (Å²) in [6.45, 7) is 3.58. The van der Waals surface area contributed by atoms with E-state index in [0.717, 1.165) is 12.1 Å². The number of nitrogens with one attached hydrogen (secondary N) is 1. The van der Waals surface area contributed by atoms with Gasteiger partial charge in [-0.05, 0) is 31.0 Å². The number of rotatable bonds is 5. The van der Waals surface area contributed by atoms with Gasteiger partial charge in [0.25, 0.3) is 0 Å². The van der Waals surface area contributed by atoms with Gasteiger partial charge in [0.15, 0.2) is 0 Å². The maximum atomic E-state index is 13.4. The van der Waals surface area contributed by atoms with Gasteiger partial charge in [-0.15, -0.1) is 0 Å². The van der Waals surface area contributed by atoms with Gasteiger partial charge in [0.05, 0.1) is 11.1 Å². The van der Waals surface area contributed by atoms with E-state index in [4.69, 9.17) is 10.8 Å². The van der Waals surface area contributed by atoms with Gasteiger partial charge in [0.2, 0.25) is 5.91 Å². The molecule has 0 spiro atoms. The zero-order valence-electron chi connectivity index (χ0n) is 10.9. The molecule has 0 saturated carbocycles. The molecule has 0 aliphatic heterocycles. The lowest BCUT2D eigenvalue weighted by Crippen LogP contribution is -2.50. The highest BCUT2D eigenvalue weighted by molar-refractivity contribution is 5.98. The van der Waals surface area contributed by atoms with Gasteiger partial charge in [-0.3, -0.25) is 4.79 Å². The van der Waals surface area contributed by atoms with Crippen molar-refractivity contribution in [3.05, 3.63) is 29.6 Å². The van der Waals surface area contributed by atoms with E-state index in [0.29, 0.717) is 12.8 Å². The summed E-state index contributed by atoms with van der Waals surface area (Å²) in [6.07, 6.45) is 0.899. The van der Waals surface area contributed by atoms with Crippen LogP contribution in [0.1, 0.15) is 37.0 Å². The Kier molecular flexibility index (Phi) is 4.61.